The molecular weight excluding hydrogens is 332 g/mol. The smallest absolute Gasteiger partial charge is 0.303 e. The topological polar surface area (TPSA) is 168 Å². The normalized spacial score (nSPS) is 12.7. The van der Waals surface area contributed by atoms with Gasteiger partial charge in [-0.25, -0.2) is 0 Å². The van der Waals surface area contributed by atoms with E-state index < -0.39 is 48.1 Å². The van der Waals surface area contributed by atoms with E-state index in [0.717, 1.165) is 0 Å². The van der Waals surface area contributed by atoms with Crippen molar-refractivity contribution in [3.8, 4) is 0 Å². The van der Waals surface area contributed by atoms with Crippen LogP contribution in [0.15, 0.2) is 0 Å². The Hall–Kier alpha value is -2.49. The van der Waals surface area contributed by atoms with Crippen molar-refractivity contribution in [1.82, 2.24) is 16.0 Å². The molecule has 25 heavy (non-hydrogen) atoms. The molecule has 142 valence electrons. The van der Waals surface area contributed by atoms with Gasteiger partial charge in [-0.15, -0.1) is 0 Å². The number of nitrogens with one attached hydrogen (secondary N) is 3. The van der Waals surface area contributed by atoms with Crippen molar-refractivity contribution < 1.29 is 29.1 Å². The van der Waals surface area contributed by atoms with E-state index in [1.165, 1.54) is 0 Å². The number of hydrogen-bond donors (Lipinski definition) is 5. The van der Waals surface area contributed by atoms with E-state index in [-0.39, 0.29) is 19.3 Å². The Morgan fingerprint density at radius 3 is 2.20 bits per heavy atom. The third kappa shape index (κ3) is 9.40. The molecule has 0 spiro atoms. The average molecular weight is 358 g/mol. The molecule has 0 radical (unpaired) electrons. The van der Waals surface area contributed by atoms with Crippen LogP contribution < -0.4 is 21.7 Å². The maximum atomic E-state index is 11.9. The van der Waals surface area contributed by atoms with E-state index in [4.69, 9.17) is 10.8 Å². The molecule has 2 atom stereocenters. The summed E-state index contributed by atoms with van der Waals surface area (Å²) in [6.07, 6.45) is 1.27. The summed E-state index contributed by atoms with van der Waals surface area (Å²) in [5.74, 6) is -4.10. The van der Waals surface area contributed by atoms with Gasteiger partial charge in [-0.05, 0) is 26.3 Å². The van der Waals surface area contributed by atoms with Crippen molar-refractivity contribution >= 4 is 29.5 Å². The zero-order chi connectivity index (χ0) is 19.4. The number of carbonyl (C=O) groups excluding carboxylic acids is 4. The molecule has 0 aromatic heterocycles. The second kappa shape index (κ2) is 12.0. The number of Topliss-reactive ketones (excluding diaryl/α,β-unsaturated/α-hetero) is 1. The first-order chi connectivity index (χ1) is 11.7. The van der Waals surface area contributed by atoms with E-state index in [1.807, 2.05) is 6.92 Å². The maximum Gasteiger partial charge on any atom is 0.303 e. The molecule has 0 aliphatic heterocycles. The predicted octanol–water partition coefficient (Wildman–Crippen LogP) is -1.72. The molecule has 0 aromatic carbocycles. The van der Waals surface area contributed by atoms with Gasteiger partial charge in [0.2, 0.25) is 17.6 Å². The summed E-state index contributed by atoms with van der Waals surface area (Å²) < 4.78 is 0. The zero-order valence-electron chi connectivity index (χ0n) is 14.5. The van der Waals surface area contributed by atoms with Gasteiger partial charge in [0.1, 0.15) is 6.04 Å². The number of hydrogen-bond acceptors (Lipinski definition) is 6. The van der Waals surface area contributed by atoms with Crippen LogP contribution in [0.2, 0.25) is 0 Å². The molecule has 6 N–H and O–H groups in total. The van der Waals surface area contributed by atoms with Crippen LogP contribution >= 0.6 is 0 Å². The minimum atomic E-state index is -1.04. The molecule has 10 nitrogen and oxygen atoms in total. The molecule has 0 fully saturated rings. The van der Waals surface area contributed by atoms with Crippen molar-refractivity contribution in [2.24, 2.45) is 5.73 Å². The van der Waals surface area contributed by atoms with Crippen LogP contribution in [0, 0.1) is 0 Å². The molecule has 0 aliphatic rings. The summed E-state index contributed by atoms with van der Waals surface area (Å²) in [7, 11) is 1.56. The molecule has 0 heterocycles. The number of nitrogens with two attached hydrogens (primary N) is 1. The van der Waals surface area contributed by atoms with Crippen LogP contribution in [0.1, 0.15) is 39.0 Å². The number of carboxylic acid groups (broad SMARTS) is 1. The fourth-order valence-electron chi connectivity index (χ4n) is 2.09. The quantitative estimate of drug-likeness (QED) is 0.244. The average Bonchev–Trinajstić information content (AvgIpc) is 2.55. The van der Waals surface area contributed by atoms with Gasteiger partial charge in [-0.3, -0.25) is 24.0 Å². The first-order valence-corrected chi connectivity index (χ1v) is 8.02. The highest BCUT2D eigenvalue weighted by Gasteiger charge is 2.24. The number of carboxylic acids is 1. The van der Waals surface area contributed by atoms with Crippen LogP contribution in [0.5, 0.6) is 0 Å². The van der Waals surface area contributed by atoms with Gasteiger partial charge in [0.15, 0.2) is 0 Å². The highest BCUT2D eigenvalue weighted by Crippen LogP contribution is 2.01. The summed E-state index contributed by atoms with van der Waals surface area (Å²) in [6, 6.07) is -1.66. The summed E-state index contributed by atoms with van der Waals surface area (Å²) in [5, 5.41) is 15.8. The molecule has 0 aliphatic carbocycles. The first-order valence-electron chi connectivity index (χ1n) is 8.02. The van der Waals surface area contributed by atoms with Crippen LogP contribution in [0.3, 0.4) is 0 Å². The lowest BCUT2D eigenvalue weighted by Gasteiger charge is -2.16. The lowest BCUT2D eigenvalue weighted by Crippen LogP contribution is -2.50. The molecule has 0 rings (SSSR count). The Balaban J connectivity index is 4.42. The van der Waals surface area contributed by atoms with E-state index in [0.29, 0.717) is 12.8 Å². The fraction of sp³-hybridized carbons (Fsp3) is 0.667. The van der Waals surface area contributed by atoms with Crippen molar-refractivity contribution in [2.75, 3.05) is 13.6 Å². The highest BCUT2D eigenvalue weighted by atomic mass is 16.4. The second-order valence-corrected chi connectivity index (χ2v) is 5.49. The standard InChI is InChI=1S/C15H26N4O6/c1-3-5-9(17-2)13(23)15(25)18-8-11(20)19-10(14(16)24)6-4-7-12(21)22/h9-10,17H,3-8H2,1-2H3,(H2,16,24)(H,18,25)(H,19,20)(H,21,22). The van der Waals surface area contributed by atoms with Gasteiger partial charge < -0.3 is 26.8 Å². The van der Waals surface area contributed by atoms with Gasteiger partial charge >= 0.3 is 5.97 Å². The molecule has 0 saturated carbocycles. The number of rotatable bonds is 13. The molecule has 10 heteroatoms. The van der Waals surface area contributed by atoms with Crippen LogP contribution in [0.25, 0.3) is 0 Å². The van der Waals surface area contributed by atoms with E-state index >= 15 is 0 Å². The van der Waals surface area contributed by atoms with Gasteiger partial charge in [0, 0.05) is 6.42 Å². The Kier molecular flexibility index (Phi) is 10.8. The summed E-state index contributed by atoms with van der Waals surface area (Å²) in [6.45, 7) is 1.38. The zero-order valence-corrected chi connectivity index (χ0v) is 14.5. The summed E-state index contributed by atoms with van der Waals surface area (Å²) >= 11 is 0. The maximum absolute atomic E-state index is 11.9. The van der Waals surface area contributed by atoms with Crippen molar-refractivity contribution in [3.63, 3.8) is 0 Å². The van der Waals surface area contributed by atoms with Gasteiger partial charge in [0.25, 0.3) is 5.91 Å². The Bertz CT molecular complexity index is 508. The Morgan fingerprint density at radius 2 is 1.72 bits per heavy atom. The number of amides is 3. The lowest BCUT2D eigenvalue weighted by molar-refractivity contribution is -0.139. The predicted molar refractivity (Wildman–Crippen MR) is 88.4 cm³/mol. The van der Waals surface area contributed by atoms with E-state index in [9.17, 15) is 24.0 Å². The summed E-state index contributed by atoms with van der Waals surface area (Å²) in [4.78, 5) is 57.1. The van der Waals surface area contributed by atoms with Gasteiger partial charge in [-0.1, -0.05) is 13.3 Å². The van der Waals surface area contributed by atoms with Gasteiger partial charge in [0.05, 0.1) is 12.6 Å². The lowest BCUT2D eigenvalue weighted by atomic mass is 10.1. The fourth-order valence-corrected chi connectivity index (χ4v) is 2.09. The molecule has 2 unspecified atom stereocenters. The molecule has 3 amide bonds. The molecule has 0 aromatic rings. The number of carbonyl (C=O) groups is 5. The molecule has 0 saturated heterocycles. The third-order valence-electron chi connectivity index (χ3n) is 3.44. The first kappa shape index (κ1) is 22.5. The number of primary amides is 1. The van der Waals surface area contributed by atoms with E-state index in [2.05, 4.69) is 16.0 Å². The number of ketones is 1. The van der Waals surface area contributed by atoms with E-state index in [1.54, 1.807) is 7.05 Å². The molecular formula is C15H26N4O6. The second-order valence-electron chi connectivity index (χ2n) is 5.49. The van der Waals surface area contributed by atoms with Crippen molar-refractivity contribution in [3.05, 3.63) is 0 Å². The SMILES string of the molecule is CCCC(NC)C(=O)C(=O)NCC(=O)NC(CCCC(=O)O)C(N)=O. The van der Waals surface area contributed by atoms with Crippen LogP contribution in [-0.4, -0.2) is 60.3 Å². The minimum Gasteiger partial charge on any atom is -0.481 e. The van der Waals surface area contributed by atoms with Gasteiger partial charge in [-0.2, -0.15) is 0 Å². The van der Waals surface area contributed by atoms with Crippen molar-refractivity contribution in [1.29, 1.82) is 0 Å². The Labute approximate surface area is 145 Å². The molecule has 0 bridgehead atoms. The number of aliphatic carboxylic acids is 1. The van der Waals surface area contributed by atoms with Crippen molar-refractivity contribution in [2.45, 2.75) is 51.1 Å². The van der Waals surface area contributed by atoms with Crippen LogP contribution in [-0.2, 0) is 24.0 Å². The highest BCUT2D eigenvalue weighted by molar-refractivity contribution is 6.38. The third-order valence-corrected chi connectivity index (χ3v) is 3.44. The van der Waals surface area contributed by atoms with Crippen LogP contribution in [0.4, 0.5) is 0 Å². The minimum absolute atomic E-state index is 0.0680. The summed E-state index contributed by atoms with van der Waals surface area (Å²) in [5.41, 5.74) is 5.15. The Morgan fingerprint density at radius 1 is 1.08 bits per heavy atom. The number of likely N-dealkylation sites (N-methyl/N-ethyl adjacent to an activating group) is 1. The largest absolute Gasteiger partial charge is 0.481 e. The monoisotopic (exact) mass is 358 g/mol.